The Hall–Kier alpha value is -2.15. The van der Waals surface area contributed by atoms with Crippen molar-refractivity contribution in [3.8, 4) is 0 Å². The van der Waals surface area contributed by atoms with Gasteiger partial charge < -0.3 is 5.32 Å². The van der Waals surface area contributed by atoms with Crippen molar-refractivity contribution in [3.05, 3.63) is 42.9 Å². The number of pyridine rings is 2. The van der Waals surface area contributed by atoms with E-state index in [0.717, 1.165) is 0 Å². The lowest BCUT2D eigenvalue weighted by Gasteiger charge is -2.11. The van der Waals surface area contributed by atoms with E-state index in [1.165, 1.54) is 18.6 Å². The molecule has 6 nitrogen and oxygen atoms in total. The summed E-state index contributed by atoms with van der Waals surface area (Å²) in [6.07, 6.45) is 4.37. The Labute approximate surface area is 112 Å². The van der Waals surface area contributed by atoms with E-state index in [0.29, 0.717) is 12.2 Å². The minimum absolute atomic E-state index is 0.0995. The highest BCUT2D eigenvalue weighted by molar-refractivity contribution is 7.92. The quantitative estimate of drug-likeness (QED) is 0.869. The highest BCUT2D eigenvalue weighted by Gasteiger charge is 2.19. The van der Waals surface area contributed by atoms with Crippen LogP contribution in [0.25, 0.3) is 0 Å². The number of anilines is 2. The molecule has 0 aliphatic heterocycles. The van der Waals surface area contributed by atoms with Crippen LogP contribution >= 0.6 is 0 Å². The first kappa shape index (κ1) is 13.3. The Bertz CT molecular complexity index is 644. The second kappa shape index (κ2) is 5.66. The standard InChI is InChI=1S/C12H14N4O2S/c1-2-14-10-6-8-13-9-11(10)19(17,18)16-12-5-3-4-7-15-12/h3-9H,2H2,1H3,(H,13,14)(H,15,16). The Balaban J connectivity index is 2.35. The molecule has 0 radical (unpaired) electrons. The summed E-state index contributed by atoms with van der Waals surface area (Å²) in [6, 6.07) is 6.63. The molecule has 2 N–H and O–H groups in total. The molecule has 0 atom stereocenters. The van der Waals surface area contributed by atoms with Gasteiger partial charge in [-0.05, 0) is 25.1 Å². The first-order chi connectivity index (χ1) is 9.13. The van der Waals surface area contributed by atoms with Gasteiger partial charge in [0, 0.05) is 25.1 Å². The van der Waals surface area contributed by atoms with Crippen LogP contribution in [0, 0.1) is 0 Å². The van der Waals surface area contributed by atoms with Gasteiger partial charge in [-0.1, -0.05) is 6.07 Å². The number of hydrogen-bond acceptors (Lipinski definition) is 5. The van der Waals surface area contributed by atoms with Crippen LogP contribution in [-0.4, -0.2) is 24.9 Å². The molecule has 0 aliphatic carbocycles. The van der Waals surface area contributed by atoms with Crippen LogP contribution in [0.5, 0.6) is 0 Å². The molecule has 0 amide bonds. The van der Waals surface area contributed by atoms with E-state index in [1.54, 1.807) is 24.3 Å². The molecule has 0 fully saturated rings. The Kier molecular flexibility index (Phi) is 3.96. The fourth-order valence-electron chi connectivity index (χ4n) is 1.55. The topological polar surface area (TPSA) is 84.0 Å². The molecule has 100 valence electrons. The van der Waals surface area contributed by atoms with Crippen LogP contribution in [0.2, 0.25) is 0 Å². The first-order valence-electron chi connectivity index (χ1n) is 5.75. The zero-order chi connectivity index (χ0) is 13.7. The number of nitrogens with one attached hydrogen (secondary N) is 2. The van der Waals surface area contributed by atoms with E-state index in [1.807, 2.05) is 6.92 Å². The fourth-order valence-corrected chi connectivity index (χ4v) is 2.68. The summed E-state index contributed by atoms with van der Waals surface area (Å²) in [4.78, 5) is 7.89. The second-order valence-electron chi connectivity index (χ2n) is 3.72. The predicted molar refractivity (Wildman–Crippen MR) is 73.4 cm³/mol. The molecule has 0 bridgehead atoms. The van der Waals surface area contributed by atoms with Crippen molar-refractivity contribution < 1.29 is 8.42 Å². The summed E-state index contributed by atoms with van der Waals surface area (Å²) >= 11 is 0. The largest absolute Gasteiger partial charge is 0.384 e. The molecule has 7 heteroatoms. The maximum absolute atomic E-state index is 12.3. The zero-order valence-electron chi connectivity index (χ0n) is 10.4. The molecule has 0 saturated carbocycles. The van der Waals surface area contributed by atoms with Gasteiger partial charge >= 0.3 is 0 Å². The van der Waals surface area contributed by atoms with Gasteiger partial charge in [0.25, 0.3) is 10.0 Å². The summed E-state index contributed by atoms with van der Waals surface area (Å²) in [6.45, 7) is 2.51. The molecule has 0 spiro atoms. The number of rotatable bonds is 5. The maximum atomic E-state index is 12.3. The maximum Gasteiger partial charge on any atom is 0.266 e. The molecule has 0 aromatic carbocycles. The van der Waals surface area contributed by atoms with E-state index in [9.17, 15) is 8.42 Å². The van der Waals surface area contributed by atoms with Gasteiger partial charge in [0.1, 0.15) is 10.7 Å². The smallest absolute Gasteiger partial charge is 0.266 e. The summed E-state index contributed by atoms with van der Waals surface area (Å²) in [5.41, 5.74) is 0.515. The lowest BCUT2D eigenvalue weighted by Crippen LogP contribution is -2.16. The van der Waals surface area contributed by atoms with Gasteiger partial charge in [-0.15, -0.1) is 0 Å². The molecule has 0 saturated heterocycles. The fraction of sp³-hybridized carbons (Fsp3) is 0.167. The molecule has 2 heterocycles. The van der Waals surface area contributed by atoms with Gasteiger partial charge in [0.15, 0.2) is 0 Å². The van der Waals surface area contributed by atoms with Crippen LogP contribution in [0.3, 0.4) is 0 Å². The lowest BCUT2D eigenvalue weighted by atomic mass is 10.4. The van der Waals surface area contributed by atoms with Crippen molar-refractivity contribution in [2.24, 2.45) is 0 Å². The van der Waals surface area contributed by atoms with Gasteiger partial charge in [0.05, 0.1) is 5.69 Å². The van der Waals surface area contributed by atoms with E-state index in [4.69, 9.17) is 0 Å². The van der Waals surface area contributed by atoms with Crippen molar-refractivity contribution in [2.75, 3.05) is 16.6 Å². The number of hydrogen-bond donors (Lipinski definition) is 2. The minimum atomic E-state index is -3.70. The third-order valence-electron chi connectivity index (χ3n) is 2.35. The number of sulfonamides is 1. The Morgan fingerprint density at radius 1 is 1.21 bits per heavy atom. The summed E-state index contributed by atoms with van der Waals surface area (Å²) in [5, 5.41) is 2.99. The molecule has 0 aliphatic rings. The van der Waals surface area contributed by atoms with Crippen LogP contribution in [0.4, 0.5) is 11.5 Å². The van der Waals surface area contributed by atoms with Gasteiger partial charge in [-0.3, -0.25) is 9.71 Å². The molecule has 19 heavy (non-hydrogen) atoms. The summed E-state index contributed by atoms with van der Waals surface area (Å²) in [5.74, 6) is 0.272. The van der Waals surface area contributed by atoms with E-state index >= 15 is 0 Å². The number of nitrogens with zero attached hydrogens (tertiary/aromatic N) is 2. The third kappa shape index (κ3) is 3.19. The Morgan fingerprint density at radius 3 is 2.74 bits per heavy atom. The van der Waals surface area contributed by atoms with Crippen LogP contribution in [0.1, 0.15) is 6.92 Å². The van der Waals surface area contributed by atoms with Gasteiger partial charge in [-0.25, -0.2) is 13.4 Å². The normalized spacial score (nSPS) is 11.0. The highest BCUT2D eigenvalue weighted by Crippen LogP contribution is 2.21. The van der Waals surface area contributed by atoms with Crippen molar-refractivity contribution in [3.63, 3.8) is 0 Å². The van der Waals surface area contributed by atoms with E-state index in [2.05, 4.69) is 20.0 Å². The van der Waals surface area contributed by atoms with Crippen LogP contribution in [0.15, 0.2) is 47.8 Å². The van der Waals surface area contributed by atoms with Crippen molar-refractivity contribution in [1.82, 2.24) is 9.97 Å². The van der Waals surface area contributed by atoms with Crippen LogP contribution < -0.4 is 10.0 Å². The SMILES string of the molecule is CCNc1ccncc1S(=O)(=O)Nc1ccccn1. The molecule has 2 aromatic rings. The highest BCUT2D eigenvalue weighted by atomic mass is 32.2. The molecule has 2 rings (SSSR count). The van der Waals surface area contributed by atoms with E-state index < -0.39 is 10.0 Å². The zero-order valence-corrected chi connectivity index (χ0v) is 11.2. The average Bonchev–Trinajstić information content (AvgIpc) is 2.40. The predicted octanol–water partition coefficient (Wildman–Crippen LogP) is 1.71. The minimum Gasteiger partial charge on any atom is -0.384 e. The van der Waals surface area contributed by atoms with Gasteiger partial charge in [-0.2, -0.15) is 0 Å². The molecular formula is C12H14N4O2S. The van der Waals surface area contributed by atoms with Crippen LogP contribution in [-0.2, 0) is 10.0 Å². The molecular weight excluding hydrogens is 264 g/mol. The van der Waals surface area contributed by atoms with E-state index in [-0.39, 0.29) is 10.7 Å². The first-order valence-corrected chi connectivity index (χ1v) is 7.23. The second-order valence-corrected chi connectivity index (χ2v) is 5.37. The molecule has 0 unspecified atom stereocenters. The monoisotopic (exact) mass is 278 g/mol. The lowest BCUT2D eigenvalue weighted by molar-refractivity contribution is 0.601. The number of aromatic nitrogens is 2. The van der Waals surface area contributed by atoms with Crippen molar-refractivity contribution in [2.45, 2.75) is 11.8 Å². The third-order valence-corrected chi connectivity index (χ3v) is 3.73. The summed E-state index contributed by atoms with van der Waals surface area (Å²) in [7, 11) is -3.70. The Morgan fingerprint density at radius 2 is 2.05 bits per heavy atom. The van der Waals surface area contributed by atoms with Crippen molar-refractivity contribution in [1.29, 1.82) is 0 Å². The molecule has 2 aromatic heterocycles. The van der Waals surface area contributed by atoms with Crippen molar-refractivity contribution >= 4 is 21.5 Å². The summed E-state index contributed by atoms with van der Waals surface area (Å²) < 4.78 is 26.9. The average molecular weight is 278 g/mol. The van der Waals surface area contributed by atoms with Gasteiger partial charge in [0.2, 0.25) is 0 Å².